The van der Waals surface area contributed by atoms with Crippen molar-refractivity contribution in [3.05, 3.63) is 0 Å². The van der Waals surface area contributed by atoms with Crippen LogP contribution in [-0.4, -0.2) is 38.3 Å². The molecule has 0 radical (unpaired) electrons. The van der Waals surface area contributed by atoms with E-state index in [9.17, 15) is 4.79 Å². The summed E-state index contributed by atoms with van der Waals surface area (Å²) in [7, 11) is 0. The molecular weight excluding hydrogens is 216 g/mol. The lowest BCUT2D eigenvalue weighted by atomic mass is 9.88. The van der Waals surface area contributed by atoms with Crippen LogP contribution in [0.15, 0.2) is 0 Å². The maximum Gasteiger partial charge on any atom is 0.222 e. The monoisotopic (exact) mass is 240 g/mol. The van der Waals surface area contributed by atoms with Gasteiger partial charge in [0.15, 0.2) is 0 Å². The van der Waals surface area contributed by atoms with Gasteiger partial charge in [-0.3, -0.25) is 4.79 Å². The lowest BCUT2D eigenvalue weighted by molar-refractivity contribution is -0.123. The molecule has 0 aromatic carbocycles. The van der Waals surface area contributed by atoms with Crippen LogP contribution < -0.4 is 10.6 Å². The van der Waals surface area contributed by atoms with E-state index in [-0.39, 0.29) is 12.0 Å². The van der Waals surface area contributed by atoms with E-state index >= 15 is 0 Å². The minimum atomic E-state index is 0.148. The SMILES string of the molecule is CC1CCNCC1CNC(=O)CC1CCCO1. The number of amides is 1. The molecule has 2 aliphatic rings. The fourth-order valence-electron chi connectivity index (χ4n) is 2.66. The highest BCUT2D eigenvalue weighted by atomic mass is 16.5. The average Bonchev–Trinajstić information content (AvgIpc) is 2.81. The average molecular weight is 240 g/mol. The zero-order valence-corrected chi connectivity index (χ0v) is 10.7. The van der Waals surface area contributed by atoms with Crippen LogP contribution in [0.25, 0.3) is 0 Å². The lowest BCUT2D eigenvalue weighted by Gasteiger charge is -2.29. The first-order valence-electron chi connectivity index (χ1n) is 6.84. The van der Waals surface area contributed by atoms with E-state index in [0.717, 1.165) is 39.1 Å². The number of ether oxygens (including phenoxy) is 1. The largest absolute Gasteiger partial charge is 0.378 e. The third kappa shape index (κ3) is 3.96. The van der Waals surface area contributed by atoms with Gasteiger partial charge >= 0.3 is 0 Å². The topological polar surface area (TPSA) is 50.4 Å². The van der Waals surface area contributed by atoms with E-state index < -0.39 is 0 Å². The Balaban J connectivity index is 1.64. The van der Waals surface area contributed by atoms with Gasteiger partial charge in [-0.2, -0.15) is 0 Å². The Hall–Kier alpha value is -0.610. The Labute approximate surface area is 103 Å². The van der Waals surface area contributed by atoms with Gasteiger partial charge in [-0.1, -0.05) is 6.92 Å². The van der Waals surface area contributed by atoms with Crippen LogP contribution in [0.2, 0.25) is 0 Å². The summed E-state index contributed by atoms with van der Waals surface area (Å²) < 4.78 is 5.46. The predicted octanol–water partition coefficient (Wildman–Crippen LogP) is 0.917. The summed E-state index contributed by atoms with van der Waals surface area (Å²) in [5.74, 6) is 1.44. The molecule has 2 N–H and O–H groups in total. The number of piperidine rings is 1. The molecule has 0 saturated carbocycles. The fourth-order valence-corrected chi connectivity index (χ4v) is 2.66. The smallest absolute Gasteiger partial charge is 0.222 e. The zero-order chi connectivity index (χ0) is 12.1. The molecule has 4 heteroatoms. The van der Waals surface area contributed by atoms with Gasteiger partial charge in [0.1, 0.15) is 0 Å². The number of carbonyl (C=O) groups excluding carboxylic acids is 1. The van der Waals surface area contributed by atoms with Crippen LogP contribution in [0.4, 0.5) is 0 Å². The van der Waals surface area contributed by atoms with Crippen molar-refractivity contribution < 1.29 is 9.53 Å². The minimum absolute atomic E-state index is 0.148. The van der Waals surface area contributed by atoms with Crippen molar-refractivity contribution in [1.82, 2.24) is 10.6 Å². The molecule has 2 heterocycles. The van der Waals surface area contributed by atoms with Crippen molar-refractivity contribution in [1.29, 1.82) is 0 Å². The highest BCUT2D eigenvalue weighted by Crippen LogP contribution is 2.18. The van der Waals surface area contributed by atoms with Gasteiger partial charge in [-0.25, -0.2) is 0 Å². The highest BCUT2D eigenvalue weighted by Gasteiger charge is 2.23. The van der Waals surface area contributed by atoms with Gasteiger partial charge in [0.25, 0.3) is 0 Å². The molecule has 3 atom stereocenters. The van der Waals surface area contributed by atoms with Crippen molar-refractivity contribution in [2.24, 2.45) is 11.8 Å². The molecule has 4 nitrogen and oxygen atoms in total. The van der Waals surface area contributed by atoms with Crippen LogP contribution in [0.5, 0.6) is 0 Å². The molecule has 2 fully saturated rings. The predicted molar refractivity (Wildman–Crippen MR) is 66.7 cm³/mol. The third-order valence-electron chi connectivity index (χ3n) is 3.99. The number of carbonyl (C=O) groups is 1. The van der Waals surface area contributed by atoms with Crippen LogP contribution in [0, 0.1) is 11.8 Å². The van der Waals surface area contributed by atoms with Gasteiger partial charge in [0.05, 0.1) is 12.5 Å². The second-order valence-corrected chi connectivity index (χ2v) is 5.37. The molecular formula is C13H24N2O2. The van der Waals surface area contributed by atoms with Gasteiger partial charge < -0.3 is 15.4 Å². The van der Waals surface area contributed by atoms with Crippen LogP contribution in [0.3, 0.4) is 0 Å². The second kappa shape index (κ2) is 6.36. The molecule has 0 aliphatic carbocycles. The summed E-state index contributed by atoms with van der Waals surface area (Å²) >= 11 is 0. The van der Waals surface area contributed by atoms with Crippen molar-refractivity contribution in [2.75, 3.05) is 26.2 Å². The number of hydrogen-bond donors (Lipinski definition) is 2. The first-order chi connectivity index (χ1) is 8.25. The molecule has 2 saturated heterocycles. The Morgan fingerprint density at radius 3 is 3.06 bits per heavy atom. The van der Waals surface area contributed by atoms with Crippen molar-refractivity contribution in [3.63, 3.8) is 0 Å². The van der Waals surface area contributed by atoms with Crippen molar-refractivity contribution in [3.8, 4) is 0 Å². The van der Waals surface area contributed by atoms with Gasteiger partial charge in [0, 0.05) is 13.2 Å². The Kier molecular flexibility index (Phi) is 4.80. The lowest BCUT2D eigenvalue weighted by Crippen LogP contribution is -2.42. The molecule has 98 valence electrons. The van der Waals surface area contributed by atoms with Crippen molar-refractivity contribution in [2.45, 2.75) is 38.7 Å². The minimum Gasteiger partial charge on any atom is -0.378 e. The number of nitrogens with one attached hydrogen (secondary N) is 2. The Morgan fingerprint density at radius 1 is 1.47 bits per heavy atom. The fraction of sp³-hybridized carbons (Fsp3) is 0.923. The first kappa shape index (κ1) is 12.8. The van der Waals surface area contributed by atoms with E-state index in [4.69, 9.17) is 4.74 Å². The van der Waals surface area contributed by atoms with Crippen molar-refractivity contribution >= 4 is 5.91 Å². The van der Waals surface area contributed by atoms with E-state index in [0.29, 0.717) is 18.3 Å². The van der Waals surface area contributed by atoms with Crippen LogP contribution in [-0.2, 0) is 9.53 Å². The highest BCUT2D eigenvalue weighted by molar-refractivity contribution is 5.76. The van der Waals surface area contributed by atoms with E-state index in [1.807, 2.05) is 0 Å². The second-order valence-electron chi connectivity index (χ2n) is 5.37. The molecule has 0 spiro atoms. The molecule has 0 bridgehead atoms. The summed E-state index contributed by atoms with van der Waals surface area (Å²) in [4.78, 5) is 11.7. The van der Waals surface area contributed by atoms with E-state index in [1.165, 1.54) is 6.42 Å². The number of hydrogen-bond acceptors (Lipinski definition) is 3. The summed E-state index contributed by atoms with van der Waals surface area (Å²) in [6.07, 6.45) is 4.05. The summed E-state index contributed by atoms with van der Waals surface area (Å²) in [5, 5.41) is 6.44. The van der Waals surface area contributed by atoms with Gasteiger partial charge in [-0.15, -0.1) is 0 Å². The third-order valence-corrected chi connectivity index (χ3v) is 3.99. The summed E-state index contributed by atoms with van der Waals surface area (Å²) in [5.41, 5.74) is 0. The van der Waals surface area contributed by atoms with Gasteiger partial charge in [0.2, 0.25) is 5.91 Å². The summed E-state index contributed by atoms with van der Waals surface area (Å²) in [6, 6.07) is 0. The molecule has 1 amide bonds. The van der Waals surface area contributed by atoms with Gasteiger partial charge in [-0.05, 0) is 44.2 Å². The number of rotatable bonds is 4. The van der Waals surface area contributed by atoms with E-state index in [1.54, 1.807) is 0 Å². The van der Waals surface area contributed by atoms with E-state index in [2.05, 4.69) is 17.6 Å². The molecule has 17 heavy (non-hydrogen) atoms. The molecule has 2 aliphatic heterocycles. The standard InChI is InChI=1S/C13H24N2O2/c1-10-4-5-14-8-11(10)9-15-13(16)7-12-3-2-6-17-12/h10-12,14H,2-9H2,1H3,(H,15,16). The maximum absolute atomic E-state index is 11.7. The first-order valence-corrected chi connectivity index (χ1v) is 6.84. The Morgan fingerprint density at radius 2 is 2.35 bits per heavy atom. The quantitative estimate of drug-likeness (QED) is 0.768. The maximum atomic E-state index is 11.7. The van der Waals surface area contributed by atoms with Crippen LogP contribution in [0.1, 0.15) is 32.6 Å². The molecule has 2 rings (SSSR count). The molecule has 3 unspecified atom stereocenters. The molecule has 0 aromatic heterocycles. The Bertz CT molecular complexity index is 252. The molecule has 0 aromatic rings. The summed E-state index contributed by atoms with van der Waals surface area (Å²) in [6.45, 7) is 6.04. The normalized spacial score (nSPS) is 33.6. The zero-order valence-electron chi connectivity index (χ0n) is 10.7. The van der Waals surface area contributed by atoms with Crippen LogP contribution >= 0.6 is 0 Å².